The number of nitrogens with zero attached hydrogens (tertiary/aromatic N) is 2. The molecule has 1 atom stereocenters. The zero-order valence-corrected chi connectivity index (χ0v) is 8.91. The van der Waals surface area contributed by atoms with Crippen LogP contribution in [0.2, 0.25) is 0 Å². The molecule has 1 aliphatic carbocycles. The van der Waals surface area contributed by atoms with Crippen LogP contribution in [0.15, 0.2) is 4.52 Å². The molecule has 82 valence electrons. The topological polar surface area (TPSA) is 51.0 Å². The van der Waals surface area contributed by atoms with E-state index >= 15 is 0 Å². The van der Waals surface area contributed by atoms with E-state index in [4.69, 9.17) is 4.52 Å². The van der Waals surface area contributed by atoms with Crippen LogP contribution in [-0.2, 0) is 0 Å². The minimum absolute atomic E-state index is 0.323. The molecule has 15 heavy (non-hydrogen) atoms. The smallest absolute Gasteiger partial charge is 0.229 e. The number of aromatic nitrogens is 2. The lowest BCUT2D eigenvalue weighted by Gasteiger charge is -2.09. The summed E-state index contributed by atoms with van der Waals surface area (Å²) in [6.45, 7) is 1.08. The Bertz CT molecular complexity index is 324. The lowest BCUT2D eigenvalue weighted by Crippen LogP contribution is -2.21. The first kappa shape index (κ1) is 9.33. The maximum Gasteiger partial charge on any atom is 0.229 e. The molecule has 2 heterocycles. The Labute approximate surface area is 89.4 Å². The van der Waals surface area contributed by atoms with Crippen LogP contribution in [0.5, 0.6) is 0 Å². The summed E-state index contributed by atoms with van der Waals surface area (Å²) in [7, 11) is 0. The van der Waals surface area contributed by atoms with Crippen molar-refractivity contribution < 1.29 is 4.52 Å². The van der Waals surface area contributed by atoms with Crippen LogP contribution in [0.1, 0.15) is 62.2 Å². The fourth-order valence-corrected chi connectivity index (χ4v) is 2.13. The molecular formula is C11H17N3O. The van der Waals surface area contributed by atoms with Gasteiger partial charge in [0.2, 0.25) is 5.89 Å². The highest BCUT2D eigenvalue weighted by atomic mass is 16.5. The molecule has 1 saturated heterocycles. The summed E-state index contributed by atoms with van der Waals surface area (Å²) >= 11 is 0. The second-order valence-electron chi connectivity index (χ2n) is 4.62. The maximum absolute atomic E-state index is 5.28. The molecule has 1 N–H and O–H groups in total. The molecule has 1 aromatic heterocycles. The Morgan fingerprint density at radius 3 is 2.93 bits per heavy atom. The summed E-state index contributed by atoms with van der Waals surface area (Å²) in [4.78, 5) is 4.50. The van der Waals surface area contributed by atoms with Crippen molar-refractivity contribution in [1.29, 1.82) is 0 Å². The predicted octanol–water partition coefficient (Wildman–Crippen LogP) is 2.15. The summed E-state index contributed by atoms with van der Waals surface area (Å²) < 4.78 is 5.28. The fourth-order valence-electron chi connectivity index (χ4n) is 2.13. The van der Waals surface area contributed by atoms with E-state index in [1.54, 1.807) is 0 Å². The average molecular weight is 207 g/mol. The Kier molecular flexibility index (Phi) is 2.44. The van der Waals surface area contributed by atoms with E-state index in [1.165, 1.54) is 32.1 Å². The van der Waals surface area contributed by atoms with Gasteiger partial charge < -0.3 is 9.84 Å². The second-order valence-corrected chi connectivity index (χ2v) is 4.62. The van der Waals surface area contributed by atoms with E-state index in [9.17, 15) is 0 Å². The number of hydrogen-bond donors (Lipinski definition) is 1. The lowest BCUT2D eigenvalue weighted by atomic mass is 10.1. The summed E-state index contributed by atoms with van der Waals surface area (Å²) in [5, 5.41) is 7.58. The molecule has 0 radical (unpaired) electrons. The quantitative estimate of drug-likeness (QED) is 0.807. The Morgan fingerprint density at radius 2 is 2.07 bits per heavy atom. The molecule has 1 aromatic rings. The summed E-state index contributed by atoms with van der Waals surface area (Å²) in [5.74, 6) is 2.30. The maximum atomic E-state index is 5.28. The van der Waals surface area contributed by atoms with Crippen LogP contribution in [0.25, 0.3) is 0 Å². The van der Waals surface area contributed by atoms with Gasteiger partial charge in [-0.25, -0.2) is 0 Å². The van der Waals surface area contributed by atoms with Crippen LogP contribution in [-0.4, -0.2) is 16.7 Å². The molecule has 2 fully saturated rings. The highest BCUT2D eigenvalue weighted by Gasteiger charge is 2.30. The van der Waals surface area contributed by atoms with Gasteiger partial charge in [0.15, 0.2) is 5.82 Å². The lowest BCUT2D eigenvalue weighted by molar-refractivity contribution is 0.364. The summed E-state index contributed by atoms with van der Waals surface area (Å²) in [6.07, 6.45) is 7.44. The van der Waals surface area contributed by atoms with Gasteiger partial charge in [0.05, 0.1) is 6.04 Å². The molecule has 4 nitrogen and oxygen atoms in total. The van der Waals surface area contributed by atoms with Crippen LogP contribution in [0.3, 0.4) is 0 Å². The van der Waals surface area contributed by atoms with Gasteiger partial charge in [-0.15, -0.1) is 0 Å². The molecular weight excluding hydrogens is 190 g/mol. The van der Waals surface area contributed by atoms with E-state index in [2.05, 4.69) is 15.5 Å². The standard InChI is InChI=1S/C11H17N3O/c1-2-4-9(12-7-3-1)10-13-11(15-14-10)8-5-6-8/h8-9,12H,1-7H2. The predicted molar refractivity (Wildman–Crippen MR) is 55.5 cm³/mol. The SMILES string of the molecule is C1CCNC(c2noc(C3CC3)n2)CC1. The first-order valence-electron chi connectivity index (χ1n) is 6.00. The highest BCUT2D eigenvalue weighted by molar-refractivity contribution is 5.04. The second kappa shape index (κ2) is 3.93. The molecule has 1 aliphatic heterocycles. The van der Waals surface area contributed by atoms with E-state index < -0.39 is 0 Å². The molecule has 1 saturated carbocycles. The third kappa shape index (κ3) is 2.04. The molecule has 0 aromatic carbocycles. The van der Waals surface area contributed by atoms with Gasteiger partial charge in [-0.1, -0.05) is 18.0 Å². The minimum Gasteiger partial charge on any atom is -0.339 e. The Hall–Kier alpha value is -0.900. The van der Waals surface area contributed by atoms with Crippen molar-refractivity contribution in [3.63, 3.8) is 0 Å². The number of hydrogen-bond acceptors (Lipinski definition) is 4. The third-order valence-corrected chi connectivity index (χ3v) is 3.26. The van der Waals surface area contributed by atoms with Crippen LogP contribution in [0.4, 0.5) is 0 Å². The number of rotatable bonds is 2. The Morgan fingerprint density at radius 1 is 1.13 bits per heavy atom. The van der Waals surface area contributed by atoms with Crippen molar-refractivity contribution >= 4 is 0 Å². The van der Waals surface area contributed by atoms with Crippen molar-refractivity contribution in [2.75, 3.05) is 6.54 Å². The van der Waals surface area contributed by atoms with E-state index in [1.807, 2.05) is 0 Å². The van der Waals surface area contributed by atoms with Gasteiger partial charge in [-0.3, -0.25) is 0 Å². The third-order valence-electron chi connectivity index (χ3n) is 3.26. The zero-order valence-electron chi connectivity index (χ0n) is 8.91. The molecule has 0 bridgehead atoms. The van der Waals surface area contributed by atoms with Crippen LogP contribution < -0.4 is 5.32 Å². The minimum atomic E-state index is 0.323. The van der Waals surface area contributed by atoms with Gasteiger partial charge in [-0.05, 0) is 32.2 Å². The Balaban J connectivity index is 1.72. The summed E-state index contributed by atoms with van der Waals surface area (Å²) in [6, 6.07) is 0.323. The van der Waals surface area contributed by atoms with Crippen molar-refractivity contribution in [3.8, 4) is 0 Å². The van der Waals surface area contributed by atoms with Crippen molar-refractivity contribution in [2.45, 2.75) is 50.5 Å². The van der Waals surface area contributed by atoms with Crippen molar-refractivity contribution in [3.05, 3.63) is 11.7 Å². The molecule has 0 spiro atoms. The van der Waals surface area contributed by atoms with E-state index in [-0.39, 0.29) is 0 Å². The molecule has 3 rings (SSSR count). The summed E-state index contributed by atoms with van der Waals surface area (Å²) in [5.41, 5.74) is 0. The number of nitrogens with one attached hydrogen (secondary N) is 1. The zero-order chi connectivity index (χ0) is 10.1. The molecule has 0 amide bonds. The van der Waals surface area contributed by atoms with E-state index in [0.717, 1.165) is 24.7 Å². The first-order valence-corrected chi connectivity index (χ1v) is 6.00. The van der Waals surface area contributed by atoms with Gasteiger partial charge in [0.25, 0.3) is 0 Å². The van der Waals surface area contributed by atoms with Gasteiger partial charge in [-0.2, -0.15) is 4.98 Å². The highest BCUT2D eigenvalue weighted by Crippen LogP contribution is 2.39. The van der Waals surface area contributed by atoms with Gasteiger partial charge in [0, 0.05) is 5.92 Å². The molecule has 4 heteroatoms. The monoisotopic (exact) mass is 207 g/mol. The van der Waals surface area contributed by atoms with Crippen LogP contribution in [0, 0.1) is 0 Å². The normalized spacial score (nSPS) is 27.6. The van der Waals surface area contributed by atoms with Crippen LogP contribution >= 0.6 is 0 Å². The van der Waals surface area contributed by atoms with E-state index in [0.29, 0.717) is 12.0 Å². The fraction of sp³-hybridized carbons (Fsp3) is 0.818. The van der Waals surface area contributed by atoms with Gasteiger partial charge in [0.1, 0.15) is 0 Å². The van der Waals surface area contributed by atoms with Crippen molar-refractivity contribution in [2.24, 2.45) is 0 Å². The van der Waals surface area contributed by atoms with Crippen molar-refractivity contribution in [1.82, 2.24) is 15.5 Å². The molecule has 1 unspecified atom stereocenters. The molecule has 2 aliphatic rings. The largest absolute Gasteiger partial charge is 0.339 e. The first-order chi connectivity index (χ1) is 7.43. The van der Waals surface area contributed by atoms with Gasteiger partial charge >= 0.3 is 0 Å². The average Bonchev–Trinajstić information content (AvgIpc) is 3.04.